The van der Waals surface area contributed by atoms with E-state index in [9.17, 15) is 9.18 Å². The fourth-order valence-corrected chi connectivity index (χ4v) is 1.29. The van der Waals surface area contributed by atoms with Gasteiger partial charge in [0.25, 0.3) is 0 Å². The number of benzene rings is 1. The first kappa shape index (κ1) is 12.8. The van der Waals surface area contributed by atoms with E-state index < -0.39 is 11.9 Å². The average Bonchev–Trinajstić information content (AvgIpc) is 2.19. The molecule has 0 aliphatic heterocycles. The van der Waals surface area contributed by atoms with E-state index in [1.807, 2.05) is 0 Å². The van der Waals surface area contributed by atoms with Crippen molar-refractivity contribution in [1.29, 1.82) is 0 Å². The molecule has 0 saturated carbocycles. The maximum atomic E-state index is 13.1. The van der Waals surface area contributed by atoms with Crippen LogP contribution in [0, 0.1) is 5.82 Å². The second kappa shape index (κ2) is 5.69. The molecular weight excluding hydrogens is 281 g/mol. The Hall–Kier alpha value is -1.30. The Morgan fingerprint density at radius 3 is 2.94 bits per heavy atom. The van der Waals surface area contributed by atoms with Gasteiger partial charge in [-0.1, -0.05) is 0 Å². The van der Waals surface area contributed by atoms with Crippen LogP contribution in [0.2, 0.25) is 0 Å². The lowest BCUT2D eigenvalue weighted by Crippen LogP contribution is -2.35. The van der Waals surface area contributed by atoms with Gasteiger partial charge in [-0.25, -0.2) is 9.18 Å². The Bertz CT molecular complexity index is 386. The van der Waals surface area contributed by atoms with Gasteiger partial charge in [-0.3, -0.25) is 0 Å². The minimum atomic E-state index is -1.11. The molecule has 1 rings (SSSR count). The van der Waals surface area contributed by atoms with Crippen LogP contribution >= 0.6 is 15.9 Å². The summed E-state index contributed by atoms with van der Waals surface area (Å²) in [5, 5.41) is 10.7. The molecule has 16 heavy (non-hydrogen) atoms. The molecule has 1 aromatic carbocycles. The fraction of sp³-hybridized carbons (Fsp3) is 0.300. The van der Waals surface area contributed by atoms with Gasteiger partial charge in [-0.15, -0.1) is 0 Å². The van der Waals surface area contributed by atoms with Crippen molar-refractivity contribution < 1.29 is 19.0 Å². The zero-order chi connectivity index (χ0) is 12.1. The summed E-state index contributed by atoms with van der Waals surface area (Å²) in [7, 11) is 0. The molecular formula is C10H11BrFNO3. The van der Waals surface area contributed by atoms with E-state index in [0.717, 1.165) is 0 Å². The quantitative estimate of drug-likeness (QED) is 0.897. The standard InChI is InChI=1S/C10H11BrFNO3/c1-6(13-10(14)15)5-16-7-2-3-8(11)9(12)4-7/h2-4,6,13H,5H2,1H3,(H,14,15)/t6-/m0/s1. The van der Waals surface area contributed by atoms with Gasteiger partial charge in [0.05, 0.1) is 10.5 Å². The number of ether oxygens (including phenoxy) is 1. The first-order chi connectivity index (χ1) is 7.49. The Kier molecular flexibility index (Phi) is 4.54. The van der Waals surface area contributed by atoms with Gasteiger partial charge >= 0.3 is 6.09 Å². The van der Waals surface area contributed by atoms with E-state index in [1.54, 1.807) is 13.0 Å². The van der Waals surface area contributed by atoms with Crippen molar-refractivity contribution in [3.8, 4) is 5.75 Å². The van der Waals surface area contributed by atoms with Crippen LogP contribution in [0.4, 0.5) is 9.18 Å². The van der Waals surface area contributed by atoms with Crippen molar-refractivity contribution in [1.82, 2.24) is 5.32 Å². The zero-order valence-corrected chi connectivity index (χ0v) is 10.1. The number of nitrogens with one attached hydrogen (secondary N) is 1. The molecule has 0 spiro atoms. The van der Waals surface area contributed by atoms with Crippen molar-refractivity contribution in [2.75, 3.05) is 6.61 Å². The lowest BCUT2D eigenvalue weighted by molar-refractivity contribution is 0.183. The summed E-state index contributed by atoms with van der Waals surface area (Å²) in [6, 6.07) is 4.00. The molecule has 0 bridgehead atoms. The van der Waals surface area contributed by atoms with E-state index in [4.69, 9.17) is 9.84 Å². The highest BCUT2D eigenvalue weighted by Gasteiger charge is 2.07. The molecule has 1 aromatic rings. The maximum absolute atomic E-state index is 13.1. The lowest BCUT2D eigenvalue weighted by atomic mass is 10.3. The Morgan fingerprint density at radius 1 is 1.69 bits per heavy atom. The number of carboxylic acid groups (broad SMARTS) is 1. The molecule has 0 aromatic heterocycles. The predicted molar refractivity (Wildman–Crippen MR) is 60.2 cm³/mol. The second-order valence-electron chi connectivity index (χ2n) is 3.24. The van der Waals surface area contributed by atoms with Crippen LogP contribution in [-0.2, 0) is 0 Å². The van der Waals surface area contributed by atoms with E-state index >= 15 is 0 Å². The monoisotopic (exact) mass is 291 g/mol. The van der Waals surface area contributed by atoms with Gasteiger partial charge < -0.3 is 15.2 Å². The van der Waals surface area contributed by atoms with E-state index in [2.05, 4.69) is 21.2 Å². The molecule has 0 saturated heterocycles. The van der Waals surface area contributed by atoms with Crippen LogP contribution in [0.15, 0.2) is 22.7 Å². The first-order valence-corrected chi connectivity index (χ1v) is 5.35. The molecule has 88 valence electrons. The summed E-state index contributed by atoms with van der Waals surface area (Å²) in [5.74, 6) is -0.0592. The third-order valence-corrected chi connectivity index (χ3v) is 2.40. The summed E-state index contributed by atoms with van der Waals surface area (Å²) in [6.07, 6.45) is -1.11. The molecule has 4 nitrogen and oxygen atoms in total. The van der Waals surface area contributed by atoms with Gasteiger partial charge in [0, 0.05) is 6.07 Å². The number of halogens is 2. The minimum Gasteiger partial charge on any atom is -0.491 e. The van der Waals surface area contributed by atoms with Crippen LogP contribution in [0.25, 0.3) is 0 Å². The number of amides is 1. The van der Waals surface area contributed by atoms with Crippen molar-refractivity contribution in [3.63, 3.8) is 0 Å². The SMILES string of the molecule is C[C@@H](COc1ccc(Br)c(F)c1)NC(=O)O. The molecule has 0 unspecified atom stereocenters. The highest BCUT2D eigenvalue weighted by atomic mass is 79.9. The highest BCUT2D eigenvalue weighted by molar-refractivity contribution is 9.10. The van der Waals surface area contributed by atoms with Crippen molar-refractivity contribution >= 4 is 22.0 Å². The minimum absolute atomic E-state index is 0.146. The van der Waals surface area contributed by atoms with Gasteiger partial charge in [0.15, 0.2) is 0 Å². The lowest BCUT2D eigenvalue weighted by Gasteiger charge is -2.12. The largest absolute Gasteiger partial charge is 0.491 e. The molecule has 2 N–H and O–H groups in total. The molecule has 0 aliphatic rings. The maximum Gasteiger partial charge on any atom is 0.404 e. The zero-order valence-electron chi connectivity index (χ0n) is 8.54. The van der Waals surface area contributed by atoms with E-state index in [1.165, 1.54) is 12.1 Å². The molecule has 6 heteroatoms. The van der Waals surface area contributed by atoms with Crippen LogP contribution in [0.3, 0.4) is 0 Å². The van der Waals surface area contributed by atoms with Gasteiger partial charge in [0.1, 0.15) is 18.2 Å². The Morgan fingerprint density at radius 2 is 2.38 bits per heavy atom. The van der Waals surface area contributed by atoms with Crippen LogP contribution in [0.1, 0.15) is 6.92 Å². The normalized spacial score (nSPS) is 11.9. The number of rotatable bonds is 4. The average molecular weight is 292 g/mol. The third-order valence-electron chi connectivity index (χ3n) is 1.76. The fourth-order valence-electron chi connectivity index (χ4n) is 1.04. The number of carbonyl (C=O) groups is 1. The predicted octanol–water partition coefficient (Wildman–Crippen LogP) is 2.62. The van der Waals surface area contributed by atoms with Gasteiger partial charge in [0.2, 0.25) is 0 Å². The van der Waals surface area contributed by atoms with Gasteiger partial charge in [-0.05, 0) is 35.0 Å². The van der Waals surface area contributed by atoms with Crippen molar-refractivity contribution in [3.05, 3.63) is 28.5 Å². The highest BCUT2D eigenvalue weighted by Crippen LogP contribution is 2.20. The van der Waals surface area contributed by atoms with E-state index in [-0.39, 0.29) is 12.6 Å². The third kappa shape index (κ3) is 4.06. The van der Waals surface area contributed by atoms with Gasteiger partial charge in [-0.2, -0.15) is 0 Å². The summed E-state index contributed by atoms with van der Waals surface area (Å²) in [4.78, 5) is 10.3. The van der Waals surface area contributed by atoms with Crippen LogP contribution in [-0.4, -0.2) is 23.8 Å². The molecule has 0 radical (unpaired) electrons. The molecule has 1 atom stereocenters. The molecule has 0 fully saturated rings. The van der Waals surface area contributed by atoms with E-state index in [0.29, 0.717) is 10.2 Å². The summed E-state index contributed by atoms with van der Waals surface area (Å²) in [6.45, 7) is 1.80. The van der Waals surface area contributed by atoms with Crippen molar-refractivity contribution in [2.24, 2.45) is 0 Å². The first-order valence-electron chi connectivity index (χ1n) is 4.56. The smallest absolute Gasteiger partial charge is 0.404 e. The van der Waals surface area contributed by atoms with Crippen LogP contribution < -0.4 is 10.1 Å². The topological polar surface area (TPSA) is 58.6 Å². The number of hydrogen-bond donors (Lipinski definition) is 2. The number of hydrogen-bond acceptors (Lipinski definition) is 2. The summed E-state index contributed by atoms with van der Waals surface area (Å²) >= 11 is 3.02. The Balaban J connectivity index is 2.48. The molecule has 0 heterocycles. The second-order valence-corrected chi connectivity index (χ2v) is 4.09. The van der Waals surface area contributed by atoms with Crippen LogP contribution in [0.5, 0.6) is 5.75 Å². The molecule has 0 aliphatic carbocycles. The Labute approximate surface area is 101 Å². The summed E-state index contributed by atoms with van der Waals surface area (Å²) < 4.78 is 18.7. The molecule has 1 amide bonds. The van der Waals surface area contributed by atoms with Crippen molar-refractivity contribution in [2.45, 2.75) is 13.0 Å². The summed E-state index contributed by atoms with van der Waals surface area (Å²) in [5.41, 5.74) is 0.